The van der Waals surface area contributed by atoms with E-state index in [2.05, 4.69) is 26.7 Å². The van der Waals surface area contributed by atoms with Gasteiger partial charge in [0.15, 0.2) is 5.60 Å². The van der Waals surface area contributed by atoms with Crippen molar-refractivity contribution >= 4 is 33.8 Å². The molecule has 0 saturated carbocycles. The van der Waals surface area contributed by atoms with E-state index in [4.69, 9.17) is 4.74 Å². The number of hydrogen-bond acceptors (Lipinski definition) is 7. The molecular weight excluding hydrogens is 652 g/mol. The van der Waals surface area contributed by atoms with Gasteiger partial charge in [0.2, 0.25) is 0 Å². The lowest BCUT2D eigenvalue weighted by Gasteiger charge is -2.36. The van der Waals surface area contributed by atoms with Gasteiger partial charge in [-0.25, -0.2) is 14.9 Å². The van der Waals surface area contributed by atoms with E-state index in [0.717, 1.165) is 26.7 Å². The van der Waals surface area contributed by atoms with E-state index in [9.17, 15) is 24.7 Å². The van der Waals surface area contributed by atoms with Gasteiger partial charge in [0.1, 0.15) is 6.04 Å². The van der Waals surface area contributed by atoms with E-state index in [1.54, 1.807) is 5.01 Å². The molecule has 0 bridgehead atoms. The smallest absolute Gasteiger partial charge is 0.407 e. The number of hydrazine groups is 1. The van der Waals surface area contributed by atoms with E-state index < -0.39 is 41.0 Å². The average molecular weight is 696 g/mol. The molecule has 0 saturated heterocycles. The number of nitrogens with one attached hydrogen (secondary N) is 2. The van der Waals surface area contributed by atoms with E-state index in [-0.39, 0.29) is 25.9 Å². The summed E-state index contributed by atoms with van der Waals surface area (Å²) in [5, 5.41) is 28.3. The molecule has 3 atom stereocenters. The molecule has 3 unspecified atom stereocenters. The largest absolute Gasteiger partial charge is 0.453 e. The van der Waals surface area contributed by atoms with Gasteiger partial charge in [-0.1, -0.05) is 103 Å². The molecule has 3 amide bonds. The Balaban J connectivity index is 1.61. The van der Waals surface area contributed by atoms with Gasteiger partial charge in [-0.05, 0) is 52.6 Å². The zero-order chi connectivity index (χ0) is 33.5. The first kappa shape index (κ1) is 35.1. The molecule has 0 spiro atoms. The summed E-state index contributed by atoms with van der Waals surface area (Å²) in [4.78, 5) is 39.8. The topological polar surface area (TPSA) is 131 Å². The molecule has 10 nitrogen and oxygen atoms in total. The van der Waals surface area contributed by atoms with Crippen LogP contribution in [0.1, 0.15) is 61.9 Å². The van der Waals surface area contributed by atoms with E-state index >= 15 is 0 Å². The summed E-state index contributed by atoms with van der Waals surface area (Å²) in [7, 11) is 1.23. The van der Waals surface area contributed by atoms with Crippen molar-refractivity contribution in [1.82, 2.24) is 20.8 Å². The lowest BCUT2D eigenvalue weighted by Crippen LogP contribution is -2.58. The van der Waals surface area contributed by atoms with Gasteiger partial charge in [-0.3, -0.25) is 20.2 Å². The Morgan fingerprint density at radius 3 is 2.28 bits per heavy atom. The molecule has 0 aliphatic heterocycles. The number of benzene rings is 3. The Hall–Kier alpha value is -3.77. The van der Waals surface area contributed by atoms with Gasteiger partial charge < -0.3 is 15.2 Å². The predicted molar refractivity (Wildman–Crippen MR) is 177 cm³/mol. The number of halogens is 1. The number of hydroxylamine groups is 2. The minimum atomic E-state index is -2.01. The highest BCUT2D eigenvalue weighted by molar-refractivity contribution is 9.10. The standard InChI is InChI=1S/C35H43BrN4O6/c1-34(2,3)30(37-33(43)46-4)31(41)38-39(23-25-14-17-27(36)18-15-25)21-20-35(44,22-24-10-6-5-7-11-24)32(42)40(45)29-19-16-26-12-8-9-13-28(26)29/h5-15,17-18,29-30,44-45H,16,19-23H2,1-4H3,(H,37,43)(H,38,41). The zero-order valence-corrected chi connectivity index (χ0v) is 28.3. The molecule has 3 aromatic carbocycles. The first-order valence-corrected chi connectivity index (χ1v) is 16.1. The number of aliphatic hydroxyl groups is 1. The minimum absolute atomic E-state index is 0.0427. The highest BCUT2D eigenvalue weighted by atomic mass is 79.9. The number of methoxy groups -OCH3 is 1. The molecule has 46 heavy (non-hydrogen) atoms. The van der Waals surface area contributed by atoms with Gasteiger partial charge >= 0.3 is 6.09 Å². The van der Waals surface area contributed by atoms with Crippen molar-refractivity contribution in [2.75, 3.05) is 13.7 Å². The highest BCUT2D eigenvalue weighted by Crippen LogP contribution is 2.36. The number of aryl methyl sites for hydroxylation is 1. The number of amides is 3. The maximum absolute atomic E-state index is 14.0. The SMILES string of the molecule is COC(=O)NC(C(=O)NN(CCC(O)(Cc1ccccc1)C(=O)N(O)C1CCc2ccccc21)Cc1ccc(Br)cc1)C(C)(C)C. The molecule has 4 rings (SSSR count). The van der Waals surface area contributed by atoms with Crippen molar-refractivity contribution in [3.8, 4) is 0 Å². The highest BCUT2D eigenvalue weighted by Gasteiger charge is 2.43. The molecule has 1 aliphatic rings. The number of nitrogens with zero attached hydrogens (tertiary/aromatic N) is 2. The van der Waals surface area contributed by atoms with E-state index in [0.29, 0.717) is 17.9 Å². The maximum Gasteiger partial charge on any atom is 0.407 e. The van der Waals surface area contributed by atoms with Crippen molar-refractivity contribution in [3.63, 3.8) is 0 Å². The fourth-order valence-corrected chi connectivity index (χ4v) is 5.99. The van der Waals surface area contributed by atoms with Crippen LogP contribution in [0.2, 0.25) is 0 Å². The Labute approximate surface area is 278 Å². The van der Waals surface area contributed by atoms with Crippen molar-refractivity contribution < 1.29 is 29.4 Å². The summed E-state index contributed by atoms with van der Waals surface area (Å²) in [6.07, 6.45) is 0.342. The van der Waals surface area contributed by atoms with Crippen LogP contribution in [0.15, 0.2) is 83.3 Å². The van der Waals surface area contributed by atoms with Crippen LogP contribution in [0.5, 0.6) is 0 Å². The minimum Gasteiger partial charge on any atom is -0.453 e. The first-order chi connectivity index (χ1) is 21.8. The fourth-order valence-electron chi connectivity index (χ4n) is 5.73. The molecule has 0 fully saturated rings. The van der Waals surface area contributed by atoms with Gasteiger partial charge in [-0.15, -0.1) is 0 Å². The lowest BCUT2D eigenvalue weighted by molar-refractivity contribution is -0.197. The van der Waals surface area contributed by atoms with Crippen LogP contribution in [-0.4, -0.2) is 63.6 Å². The number of alkyl carbamates (subject to hydrolysis) is 1. The Morgan fingerprint density at radius 2 is 1.63 bits per heavy atom. The number of fused-ring (bicyclic) bond motifs is 1. The average Bonchev–Trinajstić information content (AvgIpc) is 3.47. The molecular formula is C35H43BrN4O6. The summed E-state index contributed by atoms with van der Waals surface area (Å²) in [5.74, 6) is -1.30. The maximum atomic E-state index is 14.0. The molecule has 0 radical (unpaired) electrons. The summed E-state index contributed by atoms with van der Waals surface area (Å²) in [5.41, 5.74) is 3.72. The molecule has 4 N–H and O–H groups in total. The van der Waals surface area contributed by atoms with Gasteiger partial charge in [-0.2, -0.15) is 0 Å². The van der Waals surface area contributed by atoms with Crippen LogP contribution in [0, 0.1) is 5.41 Å². The second-order valence-corrected chi connectivity index (χ2v) is 13.7. The molecule has 11 heteroatoms. The Kier molecular flexibility index (Phi) is 11.6. The molecule has 246 valence electrons. The summed E-state index contributed by atoms with van der Waals surface area (Å²) in [6.45, 7) is 5.74. The summed E-state index contributed by atoms with van der Waals surface area (Å²) in [6, 6.07) is 22.8. The lowest BCUT2D eigenvalue weighted by atomic mass is 9.86. The Morgan fingerprint density at radius 1 is 0.978 bits per heavy atom. The van der Waals surface area contributed by atoms with Crippen molar-refractivity contribution in [1.29, 1.82) is 0 Å². The van der Waals surface area contributed by atoms with Gasteiger partial charge in [0.05, 0.1) is 13.2 Å². The van der Waals surface area contributed by atoms with Gasteiger partial charge in [0, 0.05) is 30.4 Å². The second-order valence-electron chi connectivity index (χ2n) is 12.8. The number of carbonyl (C=O) groups excluding carboxylic acids is 3. The monoisotopic (exact) mass is 694 g/mol. The van der Waals surface area contributed by atoms with Crippen molar-refractivity contribution in [3.05, 3.63) is 106 Å². The first-order valence-electron chi connectivity index (χ1n) is 15.3. The normalized spacial score (nSPS) is 16.2. The van der Waals surface area contributed by atoms with Crippen molar-refractivity contribution in [2.24, 2.45) is 5.41 Å². The third-order valence-electron chi connectivity index (χ3n) is 8.27. The number of ether oxygens (including phenoxy) is 1. The van der Waals surface area contributed by atoms with Crippen LogP contribution in [0.25, 0.3) is 0 Å². The Bertz CT molecular complexity index is 1500. The molecule has 0 heterocycles. The van der Waals surface area contributed by atoms with E-state index in [1.807, 2.05) is 99.6 Å². The van der Waals surface area contributed by atoms with Crippen LogP contribution in [0.3, 0.4) is 0 Å². The third kappa shape index (κ3) is 8.94. The third-order valence-corrected chi connectivity index (χ3v) is 8.80. The number of carbonyl (C=O) groups is 3. The zero-order valence-electron chi connectivity index (χ0n) is 26.7. The molecule has 0 aromatic heterocycles. The van der Waals surface area contributed by atoms with Crippen molar-refractivity contribution in [2.45, 2.75) is 70.7 Å². The van der Waals surface area contributed by atoms with Gasteiger partial charge in [0.25, 0.3) is 11.8 Å². The quantitative estimate of drug-likeness (QED) is 0.149. The summed E-state index contributed by atoms with van der Waals surface area (Å²) < 4.78 is 5.64. The molecule has 1 aliphatic carbocycles. The number of hydrogen-bond donors (Lipinski definition) is 4. The van der Waals surface area contributed by atoms with Crippen LogP contribution in [0.4, 0.5) is 4.79 Å². The fraction of sp³-hybridized carbons (Fsp3) is 0.400. The number of rotatable bonds is 12. The predicted octanol–water partition coefficient (Wildman–Crippen LogP) is 5.32. The van der Waals surface area contributed by atoms with Crippen LogP contribution in [-0.2, 0) is 33.7 Å². The summed E-state index contributed by atoms with van der Waals surface area (Å²) >= 11 is 3.44. The van der Waals surface area contributed by atoms with Crippen LogP contribution < -0.4 is 10.7 Å². The van der Waals surface area contributed by atoms with Crippen LogP contribution >= 0.6 is 15.9 Å². The second kappa shape index (κ2) is 15.2. The molecule has 3 aromatic rings. The van der Waals surface area contributed by atoms with E-state index in [1.165, 1.54) is 7.11 Å².